The van der Waals surface area contributed by atoms with Crippen molar-refractivity contribution in [2.75, 3.05) is 11.3 Å². The van der Waals surface area contributed by atoms with Gasteiger partial charge in [-0.1, -0.05) is 67.8 Å². The monoisotopic (exact) mass is 544 g/mol. The number of carboxylic acid groups (broad SMARTS) is 1. The summed E-state index contributed by atoms with van der Waals surface area (Å²) in [5.41, 5.74) is 4.31. The molecule has 4 N–H and O–H groups in total. The second kappa shape index (κ2) is 12.6. The number of anilines is 1. The van der Waals surface area contributed by atoms with Crippen molar-refractivity contribution in [1.82, 2.24) is 5.32 Å². The van der Waals surface area contributed by atoms with Gasteiger partial charge in [-0.15, -0.1) is 0 Å². The fourth-order valence-corrected chi connectivity index (χ4v) is 5.70. The molecule has 3 aromatic carbocycles. The summed E-state index contributed by atoms with van der Waals surface area (Å²) in [5, 5.41) is 22.3. The molecule has 7 nitrogen and oxygen atoms in total. The molecule has 198 valence electrons. The van der Waals surface area contributed by atoms with Crippen LogP contribution in [0.4, 0.5) is 5.69 Å². The average molecular weight is 545 g/mol. The van der Waals surface area contributed by atoms with Crippen molar-refractivity contribution in [1.29, 1.82) is 0 Å². The highest BCUT2D eigenvalue weighted by molar-refractivity contribution is 7.92. The number of hydrogen-bond acceptors (Lipinski definition) is 5. The highest BCUT2D eigenvalue weighted by Gasteiger charge is 2.22. The minimum absolute atomic E-state index is 0.178. The first-order valence-electron chi connectivity index (χ1n) is 12.2. The van der Waals surface area contributed by atoms with Crippen LogP contribution in [-0.2, 0) is 14.8 Å². The summed E-state index contributed by atoms with van der Waals surface area (Å²) in [6.07, 6.45) is 2.61. The largest absolute Gasteiger partial charge is 0.480 e. The van der Waals surface area contributed by atoms with E-state index in [9.17, 15) is 23.4 Å². The minimum atomic E-state index is -3.82. The van der Waals surface area contributed by atoms with Crippen molar-refractivity contribution < 1.29 is 23.4 Å². The van der Waals surface area contributed by atoms with Crippen LogP contribution in [0.25, 0.3) is 11.1 Å². The number of carboxylic acids is 1. The van der Waals surface area contributed by atoms with Crippen molar-refractivity contribution in [3.05, 3.63) is 82.4 Å². The maximum absolute atomic E-state index is 13.1. The topological polar surface area (TPSA) is 116 Å². The van der Waals surface area contributed by atoms with Crippen LogP contribution in [0, 0.1) is 13.8 Å². The third-order valence-corrected chi connectivity index (χ3v) is 8.17. The van der Waals surface area contributed by atoms with Gasteiger partial charge in [-0.3, -0.25) is 14.8 Å². The van der Waals surface area contributed by atoms with Crippen LogP contribution in [-0.4, -0.2) is 37.2 Å². The lowest BCUT2D eigenvalue weighted by molar-refractivity contribution is -0.140. The predicted molar refractivity (Wildman–Crippen MR) is 148 cm³/mol. The molecular weight excluding hydrogens is 512 g/mol. The molecule has 0 aliphatic heterocycles. The van der Waals surface area contributed by atoms with E-state index < -0.39 is 28.6 Å². The van der Waals surface area contributed by atoms with Gasteiger partial charge in [0.25, 0.3) is 10.0 Å². The Hall–Kier alpha value is -2.91. The zero-order chi connectivity index (χ0) is 27.2. The predicted octanol–water partition coefficient (Wildman–Crippen LogP) is 5.69. The molecule has 1 unspecified atom stereocenters. The third kappa shape index (κ3) is 7.32. The number of aryl methyl sites for hydroxylation is 2. The van der Waals surface area contributed by atoms with Gasteiger partial charge in [-0.2, -0.15) is 0 Å². The Bertz CT molecular complexity index is 1340. The second-order valence-electron chi connectivity index (χ2n) is 9.11. The van der Waals surface area contributed by atoms with E-state index in [4.69, 9.17) is 11.6 Å². The summed E-state index contributed by atoms with van der Waals surface area (Å²) in [4.78, 5) is 11.6. The van der Waals surface area contributed by atoms with Gasteiger partial charge in [-0.25, -0.2) is 8.42 Å². The highest BCUT2D eigenvalue weighted by Crippen LogP contribution is 2.29. The smallest absolute Gasteiger partial charge is 0.323 e. The fraction of sp³-hybridized carbons (Fsp3) is 0.321. The first-order valence-corrected chi connectivity index (χ1v) is 14.0. The van der Waals surface area contributed by atoms with E-state index in [1.807, 2.05) is 30.3 Å². The summed E-state index contributed by atoms with van der Waals surface area (Å²) in [6, 6.07) is 16.8. The zero-order valence-corrected chi connectivity index (χ0v) is 22.7. The molecule has 37 heavy (non-hydrogen) atoms. The molecule has 0 amide bonds. The maximum Gasteiger partial charge on any atom is 0.323 e. The number of rotatable bonds is 12. The lowest BCUT2D eigenvalue weighted by Crippen LogP contribution is -2.41. The number of carbonyl (C=O) groups is 1. The van der Waals surface area contributed by atoms with Crippen LogP contribution >= 0.6 is 11.6 Å². The van der Waals surface area contributed by atoms with Crippen LogP contribution in [0.5, 0.6) is 0 Å². The van der Waals surface area contributed by atoms with E-state index in [0.717, 1.165) is 36.0 Å². The van der Waals surface area contributed by atoms with Crippen LogP contribution in [0.3, 0.4) is 0 Å². The normalized spacial score (nSPS) is 13.2. The van der Waals surface area contributed by atoms with Gasteiger partial charge in [0, 0.05) is 16.8 Å². The van der Waals surface area contributed by atoms with Crippen LogP contribution in [0.2, 0.25) is 5.02 Å². The number of unbranched alkanes of at least 4 members (excludes halogenated alkanes) is 1. The van der Waals surface area contributed by atoms with Crippen LogP contribution in [0.1, 0.15) is 48.9 Å². The standard InChI is InChI=1S/C28H33ClN2O5S/c1-4-5-9-25(30-26(17-32)28(33)34)21-12-10-20(11-13-21)22-7-6-8-23(16-22)31-37(35,36)27-15-18(2)24(29)14-19(27)3/h6-8,10-16,25-26,30-32H,4-5,9,17H2,1-3H3,(H,33,34)/t25?,26-/m0/s1. The number of aliphatic carboxylic acids is 1. The van der Waals surface area contributed by atoms with E-state index in [1.54, 1.807) is 44.2 Å². The summed E-state index contributed by atoms with van der Waals surface area (Å²) in [6.45, 7) is 5.05. The van der Waals surface area contributed by atoms with Crippen molar-refractivity contribution >= 4 is 33.3 Å². The van der Waals surface area contributed by atoms with E-state index in [2.05, 4.69) is 17.0 Å². The Kier molecular flexibility index (Phi) is 9.73. The molecule has 2 atom stereocenters. The molecule has 0 aromatic heterocycles. The van der Waals surface area contributed by atoms with Crippen molar-refractivity contribution in [2.45, 2.75) is 57.0 Å². The quantitative estimate of drug-likeness (QED) is 0.233. The second-order valence-corrected chi connectivity index (χ2v) is 11.2. The minimum Gasteiger partial charge on any atom is -0.480 e. The van der Waals surface area contributed by atoms with Crippen LogP contribution in [0.15, 0.2) is 65.6 Å². The van der Waals surface area contributed by atoms with E-state index >= 15 is 0 Å². The number of halogens is 1. The molecule has 9 heteroatoms. The molecule has 3 aromatic rings. The molecule has 0 saturated carbocycles. The molecule has 0 aliphatic carbocycles. The Balaban J connectivity index is 1.83. The first kappa shape index (κ1) is 28.7. The lowest BCUT2D eigenvalue weighted by atomic mass is 9.97. The Morgan fingerprint density at radius 3 is 2.32 bits per heavy atom. The third-order valence-electron chi connectivity index (χ3n) is 6.24. The van der Waals surface area contributed by atoms with Crippen molar-refractivity contribution in [2.24, 2.45) is 0 Å². The van der Waals surface area contributed by atoms with E-state index in [-0.39, 0.29) is 10.9 Å². The summed E-state index contributed by atoms with van der Waals surface area (Å²) < 4.78 is 28.8. The molecule has 3 rings (SSSR count). The SMILES string of the molecule is CCCCC(N[C@@H](CO)C(=O)O)c1ccc(-c2cccc(NS(=O)(=O)c3cc(C)c(Cl)cc3C)c2)cc1. The molecule has 0 aliphatic rings. The fourth-order valence-electron chi connectivity index (χ4n) is 4.12. The molecule has 0 bridgehead atoms. The van der Waals surface area contributed by atoms with Gasteiger partial charge in [0.15, 0.2) is 0 Å². The number of aliphatic hydroxyl groups is 1. The molecule has 0 fully saturated rings. The number of benzene rings is 3. The molecular formula is C28H33ClN2O5S. The highest BCUT2D eigenvalue weighted by atomic mass is 35.5. The number of aliphatic hydroxyl groups excluding tert-OH is 1. The molecule has 0 radical (unpaired) electrons. The first-order chi connectivity index (χ1) is 17.6. The van der Waals surface area contributed by atoms with Crippen LogP contribution < -0.4 is 10.0 Å². The average Bonchev–Trinajstić information content (AvgIpc) is 2.86. The molecule has 0 saturated heterocycles. The Morgan fingerprint density at radius 2 is 1.70 bits per heavy atom. The number of hydrogen-bond donors (Lipinski definition) is 4. The van der Waals surface area contributed by atoms with Crippen molar-refractivity contribution in [3.8, 4) is 11.1 Å². The van der Waals surface area contributed by atoms with Gasteiger partial charge >= 0.3 is 5.97 Å². The van der Waals surface area contributed by atoms with Gasteiger partial charge < -0.3 is 10.2 Å². The molecule has 0 heterocycles. The van der Waals surface area contributed by atoms with Gasteiger partial charge in [-0.05, 0) is 72.4 Å². The van der Waals surface area contributed by atoms with Gasteiger partial charge in [0.1, 0.15) is 6.04 Å². The number of sulfonamides is 1. The van der Waals surface area contributed by atoms with Gasteiger partial charge in [0.2, 0.25) is 0 Å². The summed E-state index contributed by atoms with van der Waals surface area (Å²) in [7, 11) is -3.82. The summed E-state index contributed by atoms with van der Waals surface area (Å²) >= 11 is 6.13. The number of nitrogens with one attached hydrogen (secondary N) is 2. The maximum atomic E-state index is 13.1. The van der Waals surface area contributed by atoms with Crippen molar-refractivity contribution in [3.63, 3.8) is 0 Å². The Morgan fingerprint density at radius 1 is 1.00 bits per heavy atom. The van der Waals surface area contributed by atoms with E-state index in [1.165, 1.54) is 0 Å². The summed E-state index contributed by atoms with van der Waals surface area (Å²) in [5.74, 6) is -1.09. The Labute approximate surface area is 223 Å². The van der Waals surface area contributed by atoms with E-state index in [0.29, 0.717) is 21.8 Å². The van der Waals surface area contributed by atoms with Gasteiger partial charge in [0.05, 0.1) is 11.5 Å². The molecule has 0 spiro atoms. The zero-order valence-electron chi connectivity index (χ0n) is 21.2. The lowest BCUT2D eigenvalue weighted by Gasteiger charge is -2.23.